The maximum Gasteiger partial charge on any atom is 0.344 e. The van der Waals surface area contributed by atoms with Crippen molar-refractivity contribution in [3.05, 3.63) is 16.9 Å². The average Bonchev–Trinajstić information content (AvgIpc) is 3.25. The van der Waals surface area contributed by atoms with Crippen LogP contribution in [0.5, 0.6) is 0 Å². The van der Waals surface area contributed by atoms with Crippen LogP contribution in [-0.2, 0) is 19.5 Å². The molecule has 9 heteroatoms. The molecule has 0 aliphatic heterocycles. The SMILES string of the molecule is CCOC(=O)c1c(C)oc(NS(=O)(=O)C2CC2)c1C(=O)OCC. The number of carbonyl (C=O) groups is 2. The van der Waals surface area contributed by atoms with Crippen LogP contribution in [0.1, 0.15) is 53.2 Å². The van der Waals surface area contributed by atoms with Crippen LogP contribution < -0.4 is 4.72 Å². The van der Waals surface area contributed by atoms with Crippen LogP contribution >= 0.6 is 0 Å². The van der Waals surface area contributed by atoms with E-state index < -0.39 is 27.2 Å². The minimum absolute atomic E-state index is 0.0696. The first-order valence-electron chi connectivity index (χ1n) is 7.31. The predicted molar refractivity (Wildman–Crippen MR) is 80.9 cm³/mol. The highest BCUT2D eigenvalue weighted by Gasteiger charge is 2.39. The van der Waals surface area contributed by atoms with E-state index in [9.17, 15) is 18.0 Å². The van der Waals surface area contributed by atoms with Gasteiger partial charge < -0.3 is 13.9 Å². The molecular weight excluding hydrogens is 326 g/mol. The molecule has 1 N–H and O–H groups in total. The number of aryl methyl sites for hydroxylation is 1. The molecule has 1 heterocycles. The van der Waals surface area contributed by atoms with Crippen molar-refractivity contribution in [3.8, 4) is 0 Å². The smallest absolute Gasteiger partial charge is 0.344 e. The molecule has 0 amide bonds. The van der Waals surface area contributed by atoms with Crippen molar-refractivity contribution in [1.29, 1.82) is 0 Å². The van der Waals surface area contributed by atoms with Crippen LogP contribution in [0.3, 0.4) is 0 Å². The molecule has 1 aliphatic carbocycles. The van der Waals surface area contributed by atoms with Crippen LogP contribution in [0, 0.1) is 6.92 Å². The maximum atomic E-state index is 12.2. The number of carbonyl (C=O) groups excluding carboxylic acids is 2. The Labute approximate surface area is 134 Å². The number of anilines is 1. The van der Waals surface area contributed by atoms with Crippen molar-refractivity contribution in [1.82, 2.24) is 0 Å². The van der Waals surface area contributed by atoms with E-state index in [0.29, 0.717) is 12.8 Å². The van der Waals surface area contributed by atoms with Crippen molar-refractivity contribution < 1.29 is 31.9 Å². The Bertz CT molecular complexity index is 716. The molecule has 1 aliphatic rings. The zero-order valence-electron chi connectivity index (χ0n) is 13.2. The molecule has 0 radical (unpaired) electrons. The third-order valence-electron chi connectivity index (χ3n) is 3.24. The van der Waals surface area contributed by atoms with Crippen molar-refractivity contribution >= 4 is 27.8 Å². The minimum Gasteiger partial charge on any atom is -0.462 e. The molecule has 0 bridgehead atoms. The lowest BCUT2D eigenvalue weighted by Crippen LogP contribution is -2.20. The monoisotopic (exact) mass is 345 g/mol. The zero-order chi connectivity index (χ0) is 17.2. The second-order valence-electron chi connectivity index (χ2n) is 5.02. The number of furan rings is 1. The lowest BCUT2D eigenvalue weighted by molar-refractivity contribution is 0.0480. The highest BCUT2D eigenvalue weighted by molar-refractivity contribution is 7.93. The number of hydrogen-bond donors (Lipinski definition) is 1. The van der Waals surface area contributed by atoms with Gasteiger partial charge in [-0.2, -0.15) is 0 Å². The van der Waals surface area contributed by atoms with Gasteiger partial charge in [0, 0.05) is 0 Å². The van der Waals surface area contributed by atoms with Gasteiger partial charge in [-0.1, -0.05) is 0 Å². The topological polar surface area (TPSA) is 112 Å². The molecule has 0 aromatic carbocycles. The van der Waals surface area contributed by atoms with Gasteiger partial charge in [0.1, 0.15) is 16.9 Å². The number of esters is 2. The quantitative estimate of drug-likeness (QED) is 0.750. The normalized spacial score (nSPS) is 14.4. The van der Waals surface area contributed by atoms with Gasteiger partial charge in [-0.15, -0.1) is 0 Å². The van der Waals surface area contributed by atoms with E-state index in [1.54, 1.807) is 13.8 Å². The van der Waals surface area contributed by atoms with E-state index in [-0.39, 0.29) is 36.0 Å². The summed E-state index contributed by atoms with van der Waals surface area (Å²) < 4.78 is 41.5. The summed E-state index contributed by atoms with van der Waals surface area (Å²) in [5.41, 5.74) is -0.383. The van der Waals surface area contributed by atoms with E-state index in [1.807, 2.05) is 0 Å². The largest absolute Gasteiger partial charge is 0.462 e. The lowest BCUT2D eigenvalue weighted by atomic mass is 10.1. The van der Waals surface area contributed by atoms with Crippen molar-refractivity contribution in [2.75, 3.05) is 17.9 Å². The fraction of sp³-hybridized carbons (Fsp3) is 0.571. The first-order chi connectivity index (χ1) is 10.8. The molecule has 0 atom stereocenters. The molecule has 1 aromatic heterocycles. The second kappa shape index (κ2) is 6.61. The highest BCUT2D eigenvalue weighted by atomic mass is 32.2. The Morgan fingerprint density at radius 3 is 2.13 bits per heavy atom. The number of nitrogens with one attached hydrogen (secondary N) is 1. The molecule has 0 saturated heterocycles. The first kappa shape index (κ1) is 17.3. The summed E-state index contributed by atoms with van der Waals surface area (Å²) in [4.78, 5) is 24.2. The van der Waals surface area contributed by atoms with E-state index in [1.165, 1.54) is 6.92 Å². The Hall–Kier alpha value is -2.03. The Balaban J connectivity index is 2.46. The maximum absolute atomic E-state index is 12.2. The number of hydrogen-bond acceptors (Lipinski definition) is 7. The summed E-state index contributed by atoms with van der Waals surface area (Å²) in [5.74, 6) is -1.84. The van der Waals surface area contributed by atoms with Crippen LogP contribution in [0.15, 0.2) is 4.42 Å². The third kappa shape index (κ3) is 3.66. The first-order valence-corrected chi connectivity index (χ1v) is 8.85. The molecule has 23 heavy (non-hydrogen) atoms. The summed E-state index contributed by atoms with van der Waals surface area (Å²) in [7, 11) is -3.66. The standard InChI is InChI=1S/C14H19NO7S/c1-4-20-13(16)10-8(3)22-12(11(10)14(17)21-5-2)15-23(18,19)9-6-7-9/h9,15H,4-7H2,1-3H3. The number of rotatable bonds is 7. The fourth-order valence-electron chi connectivity index (χ4n) is 2.05. The minimum atomic E-state index is -3.66. The summed E-state index contributed by atoms with van der Waals surface area (Å²) in [6.45, 7) is 4.84. The van der Waals surface area contributed by atoms with E-state index in [4.69, 9.17) is 13.9 Å². The summed E-state index contributed by atoms with van der Waals surface area (Å²) in [6, 6.07) is 0. The van der Waals surface area contributed by atoms with Gasteiger partial charge in [-0.25, -0.2) is 18.0 Å². The molecule has 128 valence electrons. The Morgan fingerprint density at radius 1 is 1.13 bits per heavy atom. The van der Waals surface area contributed by atoms with Gasteiger partial charge in [-0.05, 0) is 33.6 Å². The third-order valence-corrected chi connectivity index (χ3v) is 5.06. The summed E-state index contributed by atoms with van der Waals surface area (Å²) >= 11 is 0. The molecule has 0 unspecified atom stereocenters. The molecule has 2 rings (SSSR count). The van der Waals surface area contributed by atoms with Crippen molar-refractivity contribution in [2.24, 2.45) is 0 Å². The van der Waals surface area contributed by atoms with E-state index in [2.05, 4.69) is 4.72 Å². The molecule has 1 aromatic rings. The predicted octanol–water partition coefficient (Wildman–Crippen LogP) is 1.85. The Kier molecular flexibility index (Phi) is 4.98. The van der Waals surface area contributed by atoms with Crippen LogP contribution in [0.4, 0.5) is 5.88 Å². The average molecular weight is 345 g/mol. The van der Waals surface area contributed by atoms with Crippen LogP contribution in [0.25, 0.3) is 0 Å². The molecular formula is C14H19NO7S. The van der Waals surface area contributed by atoms with Crippen LogP contribution in [-0.4, -0.2) is 38.8 Å². The van der Waals surface area contributed by atoms with Gasteiger partial charge >= 0.3 is 11.9 Å². The number of ether oxygens (including phenoxy) is 2. The Morgan fingerprint density at radius 2 is 1.65 bits per heavy atom. The summed E-state index contributed by atoms with van der Waals surface area (Å²) in [6.07, 6.45) is 1.10. The molecule has 0 spiro atoms. The fourth-order valence-corrected chi connectivity index (χ4v) is 3.38. The molecule has 1 fully saturated rings. The number of sulfonamides is 1. The van der Waals surface area contributed by atoms with Crippen molar-refractivity contribution in [3.63, 3.8) is 0 Å². The molecule has 1 saturated carbocycles. The van der Waals surface area contributed by atoms with Gasteiger partial charge in [0.25, 0.3) is 0 Å². The van der Waals surface area contributed by atoms with Gasteiger partial charge in [0.2, 0.25) is 15.9 Å². The summed E-state index contributed by atoms with van der Waals surface area (Å²) in [5, 5.41) is -0.506. The van der Waals surface area contributed by atoms with E-state index in [0.717, 1.165) is 0 Å². The molecule has 8 nitrogen and oxygen atoms in total. The zero-order valence-corrected chi connectivity index (χ0v) is 14.0. The van der Waals surface area contributed by atoms with Gasteiger partial charge in [-0.3, -0.25) is 4.72 Å². The second-order valence-corrected chi connectivity index (χ2v) is 6.99. The van der Waals surface area contributed by atoms with Gasteiger partial charge in [0.15, 0.2) is 0 Å². The highest BCUT2D eigenvalue weighted by Crippen LogP contribution is 2.34. The van der Waals surface area contributed by atoms with E-state index >= 15 is 0 Å². The van der Waals surface area contributed by atoms with Gasteiger partial charge in [0.05, 0.1) is 18.5 Å². The van der Waals surface area contributed by atoms with Crippen LogP contribution in [0.2, 0.25) is 0 Å². The van der Waals surface area contributed by atoms with Crippen molar-refractivity contribution in [2.45, 2.75) is 38.9 Å². The lowest BCUT2D eigenvalue weighted by Gasteiger charge is -2.07.